The van der Waals surface area contributed by atoms with E-state index in [1.54, 1.807) is 16.4 Å². The molecule has 2 aromatic rings. The molecule has 1 saturated carbocycles. The number of carbonyl (C=O) groups excluding carboxylic acids is 1. The first kappa shape index (κ1) is 16.3. The molecule has 1 aliphatic heterocycles. The van der Waals surface area contributed by atoms with Crippen molar-refractivity contribution in [2.45, 2.75) is 38.1 Å². The highest BCUT2D eigenvalue weighted by Crippen LogP contribution is 2.36. The zero-order valence-electron chi connectivity index (χ0n) is 13.7. The van der Waals surface area contributed by atoms with E-state index in [2.05, 4.69) is 0 Å². The highest BCUT2D eigenvalue weighted by molar-refractivity contribution is 5.93. The van der Waals surface area contributed by atoms with Crippen LogP contribution in [0.4, 0.5) is 4.39 Å². The third-order valence-electron chi connectivity index (χ3n) is 5.01. The van der Waals surface area contributed by atoms with Crippen molar-refractivity contribution in [3.63, 3.8) is 0 Å². The average Bonchev–Trinajstić information content (AvgIpc) is 3.37. The number of fused-ring (bicyclic) bond motifs is 1. The van der Waals surface area contributed by atoms with Crippen LogP contribution in [0.2, 0.25) is 0 Å². The summed E-state index contributed by atoms with van der Waals surface area (Å²) in [6.07, 6.45) is 3.06. The predicted octanol–water partition coefficient (Wildman–Crippen LogP) is 2.13. The Kier molecular flexibility index (Phi) is 4.07. The Hall–Kier alpha value is -2.22. The lowest BCUT2D eigenvalue weighted by Gasteiger charge is -2.30. The second-order valence-corrected chi connectivity index (χ2v) is 6.65. The Balaban J connectivity index is 1.58. The van der Waals surface area contributed by atoms with Crippen molar-refractivity contribution < 1.29 is 19.5 Å². The number of amides is 1. The molecular formula is C18H20FN3O3. The molecule has 1 aromatic carbocycles. The Morgan fingerprint density at radius 3 is 2.84 bits per heavy atom. The molecule has 7 heteroatoms. The highest BCUT2D eigenvalue weighted by atomic mass is 19.1. The van der Waals surface area contributed by atoms with Crippen molar-refractivity contribution in [2.75, 3.05) is 6.54 Å². The van der Waals surface area contributed by atoms with Gasteiger partial charge in [-0.25, -0.2) is 4.39 Å². The Morgan fingerprint density at radius 1 is 1.32 bits per heavy atom. The molecule has 1 atom stereocenters. The van der Waals surface area contributed by atoms with Crippen LogP contribution in [0, 0.1) is 5.82 Å². The van der Waals surface area contributed by atoms with E-state index in [1.807, 2.05) is 22.9 Å². The van der Waals surface area contributed by atoms with Crippen LogP contribution in [0.1, 0.15) is 52.3 Å². The number of aliphatic hydroxyl groups excluding tert-OH is 1. The Labute approximate surface area is 144 Å². The van der Waals surface area contributed by atoms with E-state index in [-0.39, 0.29) is 11.5 Å². The highest BCUT2D eigenvalue weighted by Gasteiger charge is 2.31. The molecule has 4 rings (SSSR count). The number of aliphatic hydroxyl groups is 1. The lowest BCUT2D eigenvalue weighted by molar-refractivity contribution is -0.00149. The number of hydroxylamine groups is 1. The van der Waals surface area contributed by atoms with Crippen LogP contribution in [0.5, 0.6) is 0 Å². The van der Waals surface area contributed by atoms with Crippen molar-refractivity contribution in [3.8, 4) is 0 Å². The summed E-state index contributed by atoms with van der Waals surface area (Å²) in [7, 11) is 0. The van der Waals surface area contributed by atoms with Gasteiger partial charge in [0.1, 0.15) is 11.5 Å². The maximum Gasteiger partial charge on any atom is 0.270 e. The second-order valence-electron chi connectivity index (χ2n) is 6.65. The molecule has 2 heterocycles. The van der Waals surface area contributed by atoms with Gasteiger partial charge in [-0.2, -0.15) is 5.48 Å². The van der Waals surface area contributed by atoms with E-state index in [9.17, 15) is 14.3 Å². The van der Waals surface area contributed by atoms with Crippen LogP contribution < -0.4 is 5.48 Å². The van der Waals surface area contributed by atoms with Gasteiger partial charge in [0.05, 0.1) is 0 Å². The summed E-state index contributed by atoms with van der Waals surface area (Å²) in [5.74, 6) is -0.566. The first-order valence-electron chi connectivity index (χ1n) is 8.44. The van der Waals surface area contributed by atoms with E-state index >= 15 is 0 Å². The van der Waals surface area contributed by atoms with Crippen molar-refractivity contribution >= 4 is 5.91 Å². The molecule has 1 aromatic heterocycles. The molecule has 2 aliphatic rings. The van der Waals surface area contributed by atoms with Gasteiger partial charge in [-0.15, -0.1) is 0 Å². The quantitative estimate of drug-likeness (QED) is 0.586. The van der Waals surface area contributed by atoms with Crippen molar-refractivity contribution in [1.82, 2.24) is 14.9 Å². The van der Waals surface area contributed by atoms with Gasteiger partial charge < -0.3 is 19.8 Å². The molecule has 0 radical (unpaired) electrons. The summed E-state index contributed by atoms with van der Waals surface area (Å²) in [5.41, 5.74) is 3.56. The number of rotatable bonds is 4. The molecule has 6 nitrogen and oxygen atoms in total. The van der Waals surface area contributed by atoms with E-state index < -0.39 is 12.0 Å². The Bertz CT molecular complexity index is 816. The minimum atomic E-state index is -1.47. The molecule has 0 bridgehead atoms. The summed E-state index contributed by atoms with van der Waals surface area (Å²) in [6.45, 7) is 0.758. The van der Waals surface area contributed by atoms with E-state index in [0.29, 0.717) is 36.8 Å². The number of halogens is 1. The normalized spacial score (nSPS) is 18.1. The van der Waals surface area contributed by atoms with Gasteiger partial charge in [-0.05, 0) is 42.5 Å². The van der Waals surface area contributed by atoms with Gasteiger partial charge in [0.15, 0.2) is 6.23 Å². The van der Waals surface area contributed by atoms with Crippen LogP contribution in [0.15, 0.2) is 30.5 Å². The number of nitrogens with zero attached hydrogens (tertiary/aromatic N) is 2. The lowest BCUT2D eigenvalue weighted by atomic mass is 9.95. The number of hydrogen-bond donors (Lipinski definition) is 3. The maximum absolute atomic E-state index is 14.6. The van der Waals surface area contributed by atoms with Gasteiger partial charge in [0, 0.05) is 30.9 Å². The molecule has 1 aliphatic carbocycles. The largest absolute Gasteiger partial charge is 0.372 e. The topological polar surface area (TPSA) is 77.7 Å². The number of hydrogen-bond acceptors (Lipinski definition) is 4. The molecule has 1 fully saturated rings. The van der Waals surface area contributed by atoms with E-state index in [4.69, 9.17) is 5.21 Å². The summed E-state index contributed by atoms with van der Waals surface area (Å²) in [5, 5.41) is 18.4. The molecule has 1 unspecified atom stereocenters. The second kappa shape index (κ2) is 6.25. The van der Waals surface area contributed by atoms with Gasteiger partial charge in [0.2, 0.25) is 0 Å². The smallest absolute Gasteiger partial charge is 0.270 e. The van der Waals surface area contributed by atoms with Gasteiger partial charge >= 0.3 is 0 Å². The van der Waals surface area contributed by atoms with Crippen LogP contribution in [0.25, 0.3) is 0 Å². The molecule has 25 heavy (non-hydrogen) atoms. The average molecular weight is 345 g/mol. The van der Waals surface area contributed by atoms with Crippen LogP contribution in [0.3, 0.4) is 0 Å². The third-order valence-corrected chi connectivity index (χ3v) is 5.01. The molecule has 3 N–H and O–H groups in total. The van der Waals surface area contributed by atoms with Gasteiger partial charge in [-0.1, -0.05) is 12.1 Å². The summed E-state index contributed by atoms with van der Waals surface area (Å²) in [6, 6.07) is 7.29. The fourth-order valence-corrected chi connectivity index (χ4v) is 3.49. The standard InChI is InChI=1S/C18H20FN3O3/c19-16-13-7-9-21(10-11(13)3-6-14(16)17(23)20-25)18(24)15-2-1-8-22(15)12-4-5-12/h1-3,6,8,12,17,20,23,25H,4-5,7,9-10H2. The molecule has 132 valence electrons. The summed E-state index contributed by atoms with van der Waals surface area (Å²) < 4.78 is 16.6. The molecule has 1 amide bonds. The minimum absolute atomic E-state index is 0.00337. The predicted molar refractivity (Wildman–Crippen MR) is 87.4 cm³/mol. The number of nitrogens with one attached hydrogen (secondary N) is 1. The van der Waals surface area contributed by atoms with Crippen LogP contribution >= 0.6 is 0 Å². The number of aromatic nitrogens is 1. The van der Waals surface area contributed by atoms with E-state index in [0.717, 1.165) is 18.4 Å². The number of benzene rings is 1. The first-order chi connectivity index (χ1) is 12.1. The van der Waals surface area contributed by atoms with Crippen molar-refractivity contribution in [2.24, 2.45) is 0 Å². The van der Waals surface area contributed by atoms with Gasteiger partial charge in [0.25, 0.3) is 5.91 Å². The van der Waals surface area contributed by atoms with Gasteiger partial charge in [-0.3, -0.25) is 4.79 Å². The van der Waals surface area contributed by atoms with Crippen LogP contribution in [-0.4, -0.2) is 32.2 Å². The zero-order chi connectivity index (χ0) is 17.6. The fourth-order valence-electron chi connectivity index (χ4n) is 3.49. The zero-order valence-corrected chi connectivity index (χ0v) is 13.7. The number of carbonyl (C=O) groups is 1. The summed E-state index contributed by atoms with van der Waals surface area (Å²) >= 11 is 0. The Morgan fingerprint density at radius 2 is 2.12 bits per heavy atom. The lowest BCUT2D eigenvalue weighted by Crippen LogP contribution is -2.37. The maximum atomic E-state index is 14.6. The fraction of sp³-hybridized carbons (Fsp3) is 0.389. The van der Waals surface area contributed by atoms with Crippen molar-refractivity contribution in [3.05, 3.63) is 58.7 Å². The van der Waals surface area contributed by atoms with E-state index in [1.165, 1.54) is 6.07 Å². The molecular weight excluding hydrogens is 325 g/mol. The summed E-state index contributed by atoms with van der Waals surface area (Å²) in [4.78, 5) is 14.6. The first-order valence-corrected chi connectivity index (χ1v) is 8.44. The SMILES string of the molecule is O=C(c1cccn1C1CC1)N1CCc2c(ccc(C(O)NO)c2F)C1. The monoisotopic (exact) mass is 345 g/mol. The third kappa shape index (κ3) is 2.84. The van der Waals surface area contributed by atoms with Crippen LogP contribution in [-0.2, 0) is 13.0 Å². The van der Waals surface area contributed by atoms with Crippen molar-refractivity contribution in [1.29, 1.82) is 0 Å². The molecule has 0 spiro atoms. The minimum Gasteiger partial charge on any atom is -0.372 e. The molecule has 0 saturated heterocycles.